The normalized spacial score (nSPS) is 15.2. The Morgan fingerprint density at radius 3 is 2.15 bits per heavy atom. The molecule has 47 heavy (non-hydrogen) atoms. The van der Waals surface area contributed by atoms with Crippen molar-refractivity contribution in [2.24, 2.45) is 5.73 Å². The Bertz CT molecular complexity index is 1850. The van der Waals surface area contributed by atoms with E-state index in [1.165, 1.54) is 19.1 Å². The van der Waals surface area contributed by atoms with Gasteiger partial charge in [0.15, 0.2) is 0 Å². The molecule has 5 rings (SSSR count). The van der Waals surface area contributed by atoms with Gasteiger partial charge < -0.3 is 10.6 Å². The molecule has 0 radical (unpaired) electrons. The highest BCUT2D eigenvalue weighted by molar-refractivity contribution is 5.50. The Morgan fingerprint density at radius 1 is 0.830 bits per heavy atom. The number of hydrogen-bond donors (Lipinski definition) is 1. The second kappa shape index (κ2) is 13.3. The minimum absolute atomic E-state index is 0.00627. The summed E-state index contributed by atoms with van der Waals surface area (Å²) in [6.07, 6.45) is -8.49. The molecule has 2 N–H and O–H groups in total. The number of aromatic nitrogens is 3. The fraction of sp³-hybridized carbons (Fsp3) is 0.344. The largest absolute Gasteiger partial charge is 0.433 e. The van der Waals surface area contributed by atoms with Crippen molar-refractivity contribution >= 4 is 5.69 Å². The number of nitrogens with two attached hydrogens (primary N) is 1. The van der Waals surface area contributed by atoms with Gasteiger partial charge >= 0.3 is 18.0 Å². The summed E-state index contributed by atoms with van der Waals surface area (Å²) in [5, 5.41) is 0. The van der Waals surface area contributed by atoms with Crippen molar-refractivity contribution in [2.45, 2.75) is 45.0 Å². The molecule has 0 spiro atoms. The van der Waals surface area contributed by atoms with Crippen LogP contribution in [-0.2, 0) is 32.0 Å². The maximum atomic E-state index is 14.9. The molecule has 4 aromatic rings. The van der Waals surface area contributed by atoms with Crippen molar-refractivity contribution in [3.05, 3.63) is 127 Å². The third kappa shape index (κ3) is 7.25. The molecule has 0 unspecified atom stereocenters. The first kappa shape index (κ1) is 33.9. The van der Waals surface area contributed by atoms with Crippen LogP contribution in [0.4, 0.5) is 36.4 Å². The lowest BCUT2D eigenvalue weighted by atomic mass is 10.1. The second-order valence-electron chi connectivity index (χ2n) is 11.3. The number of rotatable bonds is 8. The minimum Gasteiger partial charge on any atom is -0.363 e. The molecule has 0 bridgehead atoms. The lowest BCUT2D eigenvalue weighted by molar-refractivity contribution is -0.142. The van der Waals surface area contributed by atoms with Crippen LogP contribution in [0.15, 0.2) is 76.4 Å². The van der Waals surface area contributed by atoms with Crippen molar-refractivity contribution in [3.8, 4) is 0 Å². The highest BCUT2D eigenvalue weighted by Gasteiger charge is 2.37. The number of nitrogens with zero attached hydrogens (tertiary/aromatic N) is 5. The molecule has 250 valence electrons. The molecule has 1 fully saturated rings. The van der Waals surface area contributed by atoms with Gasteiger partial charge in [-0.05, 0) is 36.2 Å². The van der Waals surface area contributed by atoms with Gasteiger partial charge in [0.25, 0.3) is 5.56 Å². The van der Waals surface area contributed by atoms with Gasteiger partial charge in [-0.15, -0.1) is 0 Å². The average Bonchev–Trinajstić information content (AvgIpc) is 3.02. The number of benzene rings is 2. The fourth-order valence-corrected chi connectivity index (χ4v) is 5.84. The Kier molecular flexibility index (Phi) is 9.59. The van der Waals surface area contributed by atoms with Crippen molar-refractivity contribution in [2.75, 3.05) is 31.1 Å². The summed E-state index contributed by atoms with van der Waals surface area (Å²) in [4.78, 5) is 34.6. The molecule has 1 atom stereocenters. The van der Waals surface area contributed by atoms with Gasteiger partial charge in [0.05, 0.1) is 18.7 Å². The molecular formula is C32H31F7N6O2. The molecule has 1 aliphatic rings. The molecule has 15 heteroatoms. The van der Waals surface area contributed by atoms with Crippen LogP contribution < -0.4 is 21.9 Å². The van der Waals surface area contributed by atoms with Crippen molar-refractivity contribution in [1.82, 2.24) is 19.0 Å². The van der Waals surface area contributed by atoms with E-state index < -0.39 is 58.8 Å². The molecule has 1 saturated heterocycles. The summed E-state index contributed by atoms with van der Waals surface area (Å²) in [6, 6.07) is 13.0. The lowest BCUT2D eigenvalue weighted by Crippen LogP contribution is -2.51. The van der Waals surface area contributed by atoms with E-state index in [0.717, 1.165) is 27.5 Å². The van der Waals surface area contributed by atoms with Crippen LogP contribution in [0.2, 0.25) is 0 Å². The summed E-state index contributed by atoms with van der Waals surface area (Å²) in [5.41, 5.74) is 2.24. The Labute approximate surface area is 264 Å². The van der Waals surface area contributed by atoms with E-state index in [0.29, 0.717) is 11.6 Å². The quantitative estimate of drug-likeness (QED) is 0.268. The SMILES string of the molecule is Cc1c(N2CCN(Cc3cccnc3C(F)(F)F)CC2)c(=O)n(C[C@H](N)c2ccccc2)c(=O)n1Cc1c(F)cccc1C(F)(F)F. The number of pyridine rings is 1. The molecular weight excluding hydrogens is 633 g/mol. The van der Waals surface area contributed by atoms with Crippen molar-refractivity contribution < 1.29 is 30.7 Å². The zero-order valence-electron chi connectivity index (χ0n) is 25.2. The van der Waals surface area contributed by atoms with Gasteiger partial charge in [-0.2, -0.15) is 26.3 Å². The number of halogens is 7. The van der Waals surface area contributed by atoms with Gasteiger partial charge in [-0.25, -0.2) is 9.18 Å². The van der Waals surface area contributed by atoms with Crippen LogP contribution in [-0.4, -0.2) is 45.2 Å². The van der Waals surface area contributed by atoms with Crippen LogP contribution in [0.25, 0.3) is 0 Å². The predicted molar refractivity (Wildman–Crippen MR) is 160 cm³/mol. The van der Waals surface area contributed by atoms with Gasteiger partial charge in [0.1, 0.15) is 17.2 Å². The summed E-state index contributed by atoms with van der Waals surface area (Å²) in [7, 11) is 0. The Balaban J connectivity index is 1.52. The first-order valence-electron chi connectivity index (χ1n) is 14.6. The third-order valence-electron chi connectivity index (χ3n) is 8.25. The van der Waals surface area contributed by atoms with E-state index in [1.807, 2.05) is 0 Å². The summed E-state index contributed by atoms with van der Waals surface area (Å²) in [6.45, 7) is 0.936. The van der Waals surface area contributed by atoms with Gasteiger partial charge in [-0.1, -0.05) is 42.5 Å². The number of alkyl halides is 6. The lowest BCUT2D eigenvalue weighted by Gasteiger charge is -2.37. The molecule has 3 heterocycles. The molecule has 1 aliphatic heterocycles. The van der Waals surface area contributed by atoms with E-state index in [-0.39, 0.29) is 56.2 Å². The van der Waals surface area contributed by atoms with Crippen LogP contribution in [0.5, 0.6) is 0 Å². The molecule has 2 aromatic heterocycles. The maximum Gasteiger partial charge on any atom is 0.433 e. The standard InChI is InChI=1S/C32H31F7N6O2/c1-20-27(43-15-13-42(14-16-43)17-22-9-6-12-41-28(22)32(37,38)39)29(46)45(19-26(40)21-7-3-2-4-8-21)30(47)44(20)18-23-24(31(34,35)36)10-5-11-25(23)33/h2-12,26H,13-19,40H2,1H3/t26-/m0/s1. The zero-order valence-corrected chi connectivity index (χ0v) is 25.2. The first-order valence-corrected chi connectivity index (χ1v) is 14.6. The zero-order chi connectivity index (χ0) is 34.1. The van der Waals surface area contributed by atoms with Gasteiger partial charge in [0.2, 0.25) is 0 Å². The van der Waals surface area contributed by atoms with Crippen molar-refractivity contribution in [3.63, 3.8) is 0 Å². The minimum atomic E-state index is -4.92. The van der Waals surface area contributed by atoms with Crippen LogP contribution in [0, 0.1) is 12.7 Å². The molecule has 0 saturated carbocycles. The Hall–Kier alpha value is -4.50. The smallest absolute Gasteiger partial charge is 0.363 e. The number of hydrogen-bond acceptors (Lipinski definition) is 6. The van der Waals surface area contributed by atoms with E-state index >= 15 is 0 Å². The summed E-state index contributed by atoms with van der Waals surface area (Å²) >= 11 is 0. The van der Waals surface area contributed by atoms with E-state index in [9.17, 15) is 40.3 Å². The van der Waals surface area contributed by atoms with E-state index in [2.05, 4.69) is 4.98 Å². The topological polar surface area (TPSA) is 89.4 Å². The molecule has 0 amide bonds. The average molecular weight is 665 g/mol. The van der Waals surface area contributed by atoms with Gasteiger partial charge in [-0.3, -0.25) is 23.8 Å². The summed E-state index contributed by atoms with van der Waals surface area (Å²) < 4.78 is 98.9. The van der Waals surface area contributed by atoms with Gasteiger partial charge in [0, 0.05) is 56.2 Å². The number of anilines is 1. The molecule has 8 nitrogen and oxygen atoms in total. The fourth-order valence-electron chi connectivity index (χ4n) is 5.84. The first-order chi connectivity index (χ1) is 22.2. The number of piperazine rings is 1. The van der Waals surface area contributed by atoms with Crippen molar-refractivity contribution in [1.29, 1.82) is 0 Å². The highest BCUT2D eigenvalue weighted by Crippen LogP contribution is 2.34. The van der Waals surface area contributed by atoms with E-state index in [4.69, 9.17) is 5.73 Å². The van der Waals surface area contributed by atoms with E-state index in [1.54, 1.807) is 40.1 Å². The second-order valence-corrected chi connectivity index (χ2v) is 11.3. The van der Waals surface area contributed by atoms with Crippen LogP contribution >= 0.6 is 0 Å². The molecule has 2 aromatic carbocycles. The van der Waals surface area contributed by atoms with Crippen LogP contribution in [0.3, 0.4) is 0 Å². The maximum absolute atomic E-state index is 14.9. The monoisotopic (exact) mass is 664 g/mol. The van der Waals surface area contributed by atoms with Crippen LogP contribution in [0.1, 0.15) is 39.7 Å². The highest BCUT2D eigenvalue weighted by atomic mass is 19.4. The Morgan fingerprint density at radius 2 is 1.51 bits per heavy atom. The summed E-state index contributed by atoms with van der Waals surface area (Å²) in [5.74, 6) is -1.17. The third-order valence-corrected chi connectivity index (χ3v) is 8.25. The molecule has 0 aliphatic carbocycles. The predicted octanol–water partition coefficient (Wildman–Crippen LogP) is 4.96.